The lowest BCUT2D eigenvalue weighted by molar-refractivity contribution is -0.184. The number of alkyl halides is 3. The lowest BCUT2D eigenvalue weighted by Crippen LogP contribution is -2.29. The van der Waals surface area contributed by atoms with Crippen LogP contribution in [-0.2, 0) is 9.53 Å². The molecule has 0 N–H and O–H groups in total. The van der Waals surface area contributed by atoms with Crippen LogP contribution in [0.3, 0.4) is 0 Å². The highest BCUT2D eigenvalue weighted by molar-refractivity contribution is 5.77. The Kier molecular flexibility index (Phi) is 6.62. The van der Waals surface area contributed by atoms with Crippen molar-refractivity contribution >= 4 is 5.97 Å². The Morgan fingerprint density at radius 2 is 1.94 bits per heavy atom. The number of ether oxygens (including phenoxy) is 2. The van der Waals surface area contributed by atoms with Gasteiger partial charge in [0.15, 0.2) is 0 Å². The fourth-order valence-electron chi connectivity index (χ4n) is 4.30. The molecule has 6 nitrogen and oxygen atoms in total. The van der Waals surface area contributed by atoms with Gasteiger partial charge >= 0.3 is 12.1 Å². The lowest BCUT2D eigenvalue weighted by Gasteiger charge is -2.29. The summed E-state index contributed by atoms with van der Waals surface area (Å²) in [5, 5.41) is 8.01. The number of halogens is 3. The van der Waals surface area contributed by atoms with E-state index in [1.807, 2.05) is 12.1 Å². The third-order valence-electron chi connectivity index (χ3n) is 6.28. The number of hydrogen-bond acceptors (Lipinski definition) is 6. The molecule has 2 aromatic heterocycles. The second kappa shape index (κ2) is 9.42. The zero-order valence-electron chi connectivity index (χ0n) is 17.8. The Balaban J connectivity index is 1.35. The van der Waals surface area contributed by atoms with Crippen molar-refractivity contribution in [2.45, 2.75) is 51.1 Å². The molecule has 2 heterocycles. The molecule has 2 aliphatic rings. The van der Waals surface area contributed by atoms with Gasteiger partial charge in [0.1, 0.15) is 0 Å². The zero-order valence-corrected chi connectivity index (χ0v) is 17.8. The largest absolute Gasteiger partial charge is 0.476 e. The van der Waals surface area contributed by atoms with Crippen LogP contribution in [0.15, 0.2) is 30.6 Å². The molecule has 0 aromatic carbocycles. The van der Waals surface area contributed by atoms with E-state index in [-0.39, 0.29) is 36.6 Å². The quantitative estimate of drug-likeness (QED) is 0.557. The van der Waals surface area contributed by atoms with Gasteiger partial charge in [-0.3, -0.25) is 9.78 Å². The highest BCUT2D eigenvalue weighted by atomic mass is 19.4. The predicted molar refractivity (Wildman–Crippen MR) is 110 cm³/mol. The summed E-state index contributed by atoms with van der Waals surface area (Å²) in [6.07, 6.45) is 1.23. The molecule has 2 fully saturated rings. The van der Waals surface area contributed by atoms with Crippen molar-refractivity contribution in [1.29, 1.82) is 0 Å². The molecule has 172 valence electrons. The summed E-state index contributed by atoms with van der Waals surface area (Å²) < 4.78 is 49.3. The van der Waals surface area contributed by atoms with E-state index < -0.39 is 12.1 Å². The van der Waals surface area contributed by atoms with Gasteiger partial charge in [-0.15, -0.1) is 5.10 Å². The summed E-state index contributed by atoms with van der Waals surface area (Å²) in [6, 6.07) is 5.55. The summed E-state index contributed by atoms with van der Waals surface area (Å²) in [4.78, 5) is 16.3. The second-order valence-corrected chi connectivity index (χ2v) is 8.52. The number of hydrogen-bond donors (Lipinski definition) is 0. The van der Waals surface area contributed by atoms with Crippen molar-refractivity contribution in [3.8, 4) is 17.0 Å². The smallest absolute Gasteiger partial charge is 0.391 e. The van der Waals surface area contributed by atoms with Gasteiger partial charge < -0.3 is 9.47 Å². The predicted octanol–water partition coefficient (Wildman–Crippen LogP) is 4.95. The van der Waals surface area contributed by atoms with Crippen LogP contribution in [0.4, 0.5) is 13.2 Å². The minimum Gasteiger partial charge on any atom is -0.476 e. The number of rotatable bonds is 7. The average Bonchev–Trinajstić information content (AvgIpc) is 3.59. The van der Waals surface area contributed by atoms with E-state index >= 15 is 0 Å². The molecule has 0 spiro atoms. The minimum atomic E-state index is -4.11. The third kappa shape index (κ3) is 5.37. The van der Waals surface area contributed by atoms with Gasteiger partial charge in [-0.1, -0.05) is 0 Å². The number of carbonyl (C=O) groups is 1. The Hall–Kier alpha value is -2.71. The van der Waals surface area contributed by atoms with Crippen molar-refractivity contribution in [2.75, 3.05) is 13.2 Å². The summed E-state index contributed by atoms with van der Waals surface area (Å²) in [5.41, 5.74) is 2.52. The van der Waals surface area contributed by atoms with Crippen LogP contribution in [-0.4, -0.2) is 40.5 Å². The molecular weight excluding hydrogens is 423 g/mol. The summed E-state index contributed by atoms with van der Waals surface area (Å²) >= 11 is 0. The van der Waals surface area contributed by atoms with Crippen molar-refractivity contribution in [2.24, 2.45) is 17.8 Å². The van der Waals surface area contributed by atoms with Crippen LogP contribution in [0.25, 0.3) is 11.1 Å². The minimum absolute atomic E-state index is 0.0614. The maximum atomic E-state index is 12.8. The van der Waals surface area contributed by atoms with Gasteiger partial charge in [0, 0.05) is 29.4 Å². The number of nitrogens with zero attached hydrogens (tertiary/aromatic N) is 3. The topological polar surface area (TPSA) is 74.2 Å². The molecule has 0 aliphatic heterocycles. The summed E-state index contributed by atoms with van der Waals surface area (Å²) in [5.74, 6) is -1.03. The van der Waals surface area contributed by atoms with E-state index in [0.29, 0.717) is 31.9 Å². The van der Waals surface area contributed by atoms with Crippen LogP contribution in [0.2, 0.25) is 0 Å². The number of pyridine rings is 1. The maximum Gasteiger partial charge on any atom is 0.391 e. The third-order valence-corrected chi connectivity index (χ3v) is 6.28. The average molecular weight is 449 g/mol. The van der Waals surface area contributed by atoms with E-state index in [2.05, 4.69) is 15.2 Å². The van der Waals surface area contributed by atoms with Crippen LogP contribution in [0, 0.1) is 17.8 Å². The first-order chi connectivity index (χ1) is 15.3. The van der Waals surface area contributed by atoms with Gasteiger partial charge in [-0.05, 0) is 62.6 Å². The second-order valence-electron chi connectivity index (χ2n) is 8.52. The Labute approximate surface area is 184 Å². The van der Waals surface area contributed by atoms with E-state index in [1.54, 1.807) is 25.4 Å². The van der Waals surface area contributed by atoms with E-state index in [4.69, 9.17) is 9.47 Å². The summed E-state index contributed by atoms with van der Waals surface area (Å²) in [6.45, 7) is 2.48. The van der Waals surface area contributed by atoms with Crippen molar-refractivity contribution in [3.05, 3.63) is 36.3 Å². The molecular formula is C23H26F3N3O3. The number of aromatic nitrogens is 3. The SMILES string of the molecule is CCOC(=O)[C@@H]1C[C@H]1c1cc(-c2cnnc(OC[C@H]3CC[C@H](C(F)(F)F)CC3)c2)ccn1. The molecule has 4 rings (SSSR count). The molecule has 0 bridgehead atoms. The monoisotopic (exact) mass is 449 g/mol. The fourth-order valence-corrected chi connectivity index (χ4v) is 4.30. The highest BCUT2D eigenvalue weighted by Gasteiger charge is 2.46. The Bertz CT molecular complexity index is 945. The first-order valence-corrected chi connectivity index (χ1v) is 11.0. The van der Waals surface area contributed by atoms with Crippen molar-refractivity contribution in [1.82, 2.24) is 15.2 Å². The van der Waals surface area contributed by atoms with Gasteiger partial charge in [-0.25, -0.2) is 0 Å². The molecule has 2 saturated carbocycles. The van der Waals surface area contributed by atoms with Gasteiger partial charge in [0.05, 0.1) is 31.2 Å². The van der Waals surface area contributed by atoms with Gasteiger partial charge in [0.2, 0.25) is 5.88 Å². The highest BCUT2D eigenvalue weighted by Crippen LogP contribution is 2.48. The molecule has 2 aliphatic carbocycles. The van der Waals surface area contributed by atoms with Crippen LogP contribution in [0.1, 0.15) is 50.6 Å². The van der Waals surface area contributed by atoms with Crippen LogP contribution >= 0.6 is 0 Å². The molecule has 0 unspecified atom stereocenters. The zero-order chi connectivity index (χ0) is 22.7. The molecule has 2 aromatic rings. The van der Waals surface area contributed by atoms with E-state index in [0.717, 1.165) is 23.2 Å². The van der Waals surface area contributed by atoms with Gasteiger partial charge in [-0.2, -0.15) is 18.3 Å². The van der Waals surface area contributed by atoms with Crippen LogP contribution < -0.4 is 4.74 Å². The Morgan fingerprint density at radius 3 is 2.66 bits per heavy atom. The fraction of sp³-hybridized carbons (Fsp3) is 0.565. The molecule has 9 heteroatoms. The van der Waals surface area contributed by atoms with Crippen molar-refractivity contribution < 1.29 is 27.4 Å². The normalized spacial score (nSPS) is 25.2. The number of esters is 1. The van der Waals surface area contributed by atoms with Gasteiger partial charge in [0.25, 0.3) is 0 Å². The van der Waals surface area contributed by atoms with E-state index in [1.165, 1.54) is 0 Å². The molecule has 0 saturated heterocycles. The molecule has 32 heavy (non-hydrogen) atoms. The first-order valence-electron chi connectivity index (χ1n) is 11.0. The molecule has 2 atom stereocenters. The molecule has 0 amide bonds. The lowest BCUT2D eigenvalue weighted by atomic mass is 9.82. The Morgan fingerprint density at radius 1 is 1.16 bits per heavy atom. The first kappa shape index (κ1) is 22.5. The maximum absolute atomic E-state index is 12.8. The standard InChI is InChI=1S/C23H26F3N3O3/c1-2-31-22(30)19-11-18(19)20-9-15(7-8-27-20)16-10-21(29-28-12-16)32-13-14-3-5-17(6-4-14)23(24,25)26/h7-10,12,14,17-19H,2-6,11,13H2,1H3/t14-,17-,18-,19-/m1/s1. The van der Waals surface area contributed by atoms with E-state index in [9.17, 15) is 18.0 Å². The number of carbonyl (C=O) groups excluding carboxylic acids is 1. The molecule has 0 radical (unpaired) electrons. The summed E-state index contributed by atoms with van der Waals surface area (Å²) in [7, 11) is 0. The van der Waals surface area contributed by atoms with Crippen molar-refractivity contribution in [3.63, 3.8) is 0 Å². The van der Waals surface area contributed by atoms with Crippen LogP contribution in [0.5, 0.6) is 5.88 Å².